The lowest BCUT2D eigenvalue weighted by atomic mass is 10.1. The number of hydrogen-bond acceptors (Lipinski definition) is 3. The first kappa shape index (κ1) is 12.8. The van der Waals surface area contributed by atoms with E-state index in [1.54, 1.807) is 0 Å². The van der Waals surface area contributed by atoms with Crippen LogP contribution in [0.1, 0.15) is 29.7 Å². The van der Waals surface area contributed by atoms with Gasteiger partial charge in [-0.25, -0.2) is 9.97 Å². The van der Waals surface area contributed by atoms with Crippen LogP contribution in [0.15, 0.2) is 30.6 Å². The molecule has 1 atom stereocenters. The molecule has 0 aliphatic carbocycles. The monoisotopic (exact) mass is 261 g/mol. The number of nitrogens with zero attached hydrogens (tertiary/aromatic N) is 2. The topological polar surface area (TPSA) is 37.8 Å². The summed E-state index contributed by atoms with van der Waals surface area (Å²) < 4.78 is 0. The Labute approximate surface area is 112 Å². The van der Waals surface area contributed by atoms with Gasteiger partial charge in [-0.2, -0.15) is 0 Å². The Morgan fingerprint density at radius 1 is 1.11 bits per heavy atom. The molecule has 0 aliphatic rings. The summed E-state index contributed by atoms with van der Waals surface area (Å²) in [4.78, 5) is 8.16. The van der Waals surface area contributed by atoms with Gasteiger partial charge in [-0.05, 0) is 26.3 Å². The predicted molar refractivity (Wildman–Crippen MR) is 75.0 cm³/mol. The summed E-state index contributed by atoms with van der Waals surface area (Å²) in [7, 11) is 0. The van der Waals surface area contributed by atoms with Crippen molar-refractivity contribution in [2.75, 3.05) is 5.32 Å². The molecule has 1 heterocycles. The van der Waals surface area contributed by atoms with Crippen LogP contribution >= 0.6 is 11.6 Å². The lowest BCUT2D eigenvalue weighted by Gasteiger charge is -2.16. The number of hydrogen-bond donors (Lipinski definition) is 1. The lowest BCUT2D eigenvalue weighted by Crippen LogP contribution is -2.09. The number of halogens is 1. The van der Waals surface area contributed by atoms with Gasteiger partial charge in [0.1, 0.15) is 17.3 Å². The molecule has 0 saturated heterocycles. The standard InChI is InChI=1S/C14H16ClN3/c1-9-4-6-12(7-5-9)11(3)18-14-10(2)13(15)16-8-17-14/h4-8,11H,1-3H3,(H,16,17,18). The van der Waals surface area contributed by atoms with Crippen molar-refractivity contribution in [3.8, 4) is 0 Å². The first-order valence-corrected chi connectivity index (χ1v) is 6.26. The molecular formula is C14H16ClN3. The molecular weight excluding hydrogens is 246 g/mol. The highest BCUT2D eigenvalue weighted by Crippen LogP contribution is 2.23. The second-order valence-electron chi connectivity index (χ2n) is 4.41. The molecule has 18 heavy (non-hydrogen) atoms. The van der Waals surface area contributed by atoms with E-state index in [0.29, 0.717) is 5.15 Å². The van der Waals surface area contributed by atoms with Crippen LogP contribution in [0.4, 0.5) is 5.82 Å². The number of anilines is 1. The molecule has 1 aromatic carbocycles. The van der Waals surface area contributed by atoms with E-state index < -0.39 is 0 Å². The third kappa shape index (κ3) is 2.79. The molecule has 1 aromatic heterocycles. The molecule has 0 saturated carbocycles. The van der Waals surface area contributed by atoms with E-state index in [1.165, 1.54) is 17.5 Å². The van der Waals surface area contributed by atoms with Gasteiger partial charge in [0.2, 0.25) is 0 Å². The van der Waals surface area contributed by atoms with Crippen molar-refractivity contribution in [2.24, 2.45) is 0 Å². The van der Waals surface area contributed by atoms with Gasteiger partial charge in [0.05, 0.1) is 0 Å². The Kier molecular flexibility index (Phi) is 3.82. The Morgan fingerprint density at radius 2 is 1.78 bits per heavy atom. The fourth-order valence-electron chi connectivity index (χ4n) is 1.72. The third-order valence-electron chi connectivity index (χ3n) is 2.95. The zero-order valence-electron chi connectivity index (χ0n) is 10.7. The minimum absolute atomic E-state index is 0.176. The van der Waals surface area contributed by atoms with Crippen LogP contribution in [0, 0.1) is 13.8 Å². The molecule has 0 bridgehead atoms. The van der Waals surface area contributed by atoms with Crippen molar-refractivity contribution < 1.29 is 0 Å². The van der Waals surface area contributed by atoms with E-state index in [4.69, 9.17) is 11.6 Å². The second-order valence-corrected chi connectivity index (χ2v) is 4.77. The SMILES string of the molecule is Cc1ccc(C(C)Nc2ncnc(Cl)c2C)cc1. The molecule has 94 valence electrons. The summed E-state index contributed by atoms with van der Waals surface area (Å²) in [5, 5.41) is 3.84. The summed E-state index contributed by atoms with van der Waals surface area (Å²) in [6, 6.07) is 8.62. The van der Waals surface area contributed by atoms with Crippen molar-refractivity contribution in [2.45, 2.75) is 26.8 Å². The van der Waals surface area contributed by atoms with E-state index in [-0.39, 0.29) is 6.04 Å². The van der Waals surface area contributed by atoms with Gasteiger partial charge in [0.25, 0.3) is 0 Å². The Morgan fingerprint density at radius 3 is 2.44 bits per heavy atom. The summed E-state index contributed by atoms with van der Waals surface area (Å²) in [6.07, 6.45) is 1.47. The minimum Gasteiger partial charge on any atom is -0.363 e. The second kappa shape index (κ2) is 5.36. The number of aromatic nitrogens is 2. The smallest absolute Gasteiger partial charge is 0.137 e. The van der Waals surface area contributed by atoms with Crippen molar-refractivity contribution in [3.63, 3.8) is 0 Å². The molecule has 4 heteroatoms. The third-order valence-corrected chi connectivity index (χ3v) is 3.33. The minimum atomic E-state index is 0.176. The van der Waals surface area contributed by atoms with E-state index in [2.05, 4.69) is 53.4 Å². The zero-order chi connectivity index (χ0) is 13.1. The van der Waals surface area contributed by atoms with Crippen molar-refractivity contribution in [1.29, 1.82) is 0 Å². The molecule has 0 aliphatic heterocycles. The molecule has 3 nitrogen and oxygen atoms in total. The number of aryl methyl sites for hydroxylation is 1. The highest BCUT2D eigenvalue weighted by molar-refractivity contribution is 6.30. The van der Waals surface area contributed by atoms with Crippen LogP contribution in [0.3, 0.4) is 0 Å². The molecule has 2 rings (SSSR count). The van der Waals surface area contributed by atoms with E-state index >= 15 is 0 Å². The largest absolute Gasteiger partial charge is 0.363 e. The lowest BCUT2D eigenvalue weighted by molar-refractivity contribution is 0.867. The molecule has 0 fully saturated rings. The summed E-state index contributed by atoms with van der Waals surface area (Å²) in [5.41, 5.74) is 3.35. The molecule has 1 unspecified atom stereocenters. The Hall–Kier alpha value is -1.61. The van der Waals surface area contributed by atoms with Gasteiger partial charge < -0.3 is 5.32 Å². The van der Waals surface area contributed by atoms with Gasteiger partial charge in [0, 0.05) is 11.6 Å². The highest BCUT2D eigenvalue weighted by atomic mass is 35.5. The number of benzene rings is 1. The summed E-state index contributed by atoms with van der Waals surface area (Å²) in [5.74, 6) is 0.781. The predicted octanol–water partition coefficient (Wildman–Crippen LogP) is 3.92. The fourth-order valence-corrected chi connectivity index (χ4v) is 1.85. The van der Waals surface area contributed by atoms with Crippen LogP contribution < -0.4 is 5.32 Å². The molecule has 1 N–H and O–H groups in total. The van der Waals surface area contributed by atoms with Gasteiger partial charge in [0.15, 0.2) is 0 Å². The van der Waals surface area contributed by atoms with Gasteiger partial charge in [-0.1, -0.05) is 41.4 Å². The fraction of sp³-hybridized carbons (Fsp3) is 0.286. The number of rotatable bonds is 3. The van der Waals surface area contributed by atoms with Gasteiger partial charge in [-0.15, -0.1) is 0 Å². The van der Waals surface area contributed by atoms with E-state index in [1.807, 2.05) is 6.92 Å². The van der Waals surface area contributed by atoms with Crippen LogP contribution in [-0.4, -0.2) is 9.97 Å². The van der Waals surface area contributed by atoms with Crippen LogP contribution in [0.5, 0.6) is 0 Å². The maximum Gasteiger partial charge on any atom is 0.137 e. The number of nitrogens with one attached hydrogen (secondary N) is 1. The van der Waals surface area contributed by atoms with Gasteiger partial charge in [-0.3, -0.25) is 0 Å². The van der Waals surface area contributed by atoms with Crippen molar-refractivity contribution >= 4 is 17.4 Å². The van der Waals surface area contributed by atoms with Crippen LogP contribution in [0.2, 0.25) is 5.15 Å². The Bertz CT molecular complexity index is 537. The average molecular weight is 262 g/mol. The summed E-state index contributed by atoms with van der Waals surface area (Å²) in [6.45, 7) is 6.09. The normalized spacial score (nSPS) is 12.2. The van der Waals surface area contributed by atoms with Crippen LogP contribution in [0.25, 0.3) is 0 Å². The molecule has 0 radical (unpaired) electrons. The first-order chi connectivity index (χ1) is 8.58. The molecule has 2 aromatic rings. The van der Waals surface area contributed by atoms with E-state index in [9.17, 15) is 0 Å². The maximum absolute atomic E-state index is 5.97. The summed E-state index contributed by atoms with van der Waals surface area (Å²) >= 11 is 5.97. The van der Waals surface area contributed by atoms with Crippen LogP contribution in [-0.2, 0) is 0 Å². The van der Waals surface area contributed by atoms with Crippen molar-refractivity contribution in [3.05, 3.63) is 52.4 Å². The first-order valence-electron chi connectivity index (χ1n) is 5.88. The van der Waals surface area contributed by atoms with E-state index in [0.717, 1.165) is 11.4 Å². The average Bonchev–Trinajstić information content (AvgIpc) is 2.36. The Balaban J connectivity index is 2.18. The van der Waals surface area contributed by atoms with Gasteiger partial charge >= 0.3 is 0 Å². The maximum atomic E-state index is 5.97. The highest BCUT2D eigenvalue weighted by Gasteiger charge is 2.09. The molecule has 0 spiro atoms. The quantitative estimate of drug-likeness (QED) is 0.851. The zero-order valence-corrected chi connectivity index (χ0v) is 11.5. The van der Waals surface area contributed by atoms with Crippen molar-refractivity contribution in [1.82, 2.24) is 9.97 Å². The molecule has 0 amide bonds.